The molecule has 0 bridgehead atoms. The van der Waals surface area contributed by atoms with Crippen LogP contribution in [0.5, 0.6) is 0 Å². The number of aliphatic hydroxyl groups excluding tert-OH is 1. The molecule has 0 spiro atoms. The molecule has 0 saturated carbocycles. The summed E-state index contributed by atoms with van der Waals surface area (Å²) in [5.41, 5.74) is 3.29. The highest BCUT2D eigenvalue weighted by atomic mass is 32.2. The van der Waals surface area contributed by atoms with Gasteiger partial charge < -0.3 is 25.5 Å². The molecule has 0 aliphatic rings. The Morgan fingerprint density at radius 1 is 1.22 bits per heavy atom. The number of carbonyl (C=O) groups is 1. The van der Waals surface area contributed by atoms with Crippen LogP contribution in [-0.4, -0.2) is 60.0 Å². The summed E-state index contributed by atoms with van der Waals surface area (Å²) < 4.78 is 29.0. The SMILES string of the molecule is CCOC(=O)c1cnc(Nc2ccc(S(C)(=O)=O)c(C)c2)nc1N[C@H](CO)Cc1c[nH]c2ccccc12. The van der Waals surface area contributed by atoms with Gasteiger partial charge in [-0.2, -0.15) is 4.98 Å². The predicted octanol–water partition coefficient (Wildman–Crippen LogP) is 3.61. The van der Waals surface area contributed by atoms with E-state index in [0.717, 1.165) is 22.7 Å². The second kappa shape index (κ2) is 11.0. The van der Waals surface area contributed by atoms with Crippen LogP contribution in [0.2, 0.25) is 0 Å². The highest BCUT2D eigenvalue weighted by Gasteiger charge is 2.20. The number of aliphatic hydroxyl groups is 1. The fraction of sp³-hybridized carbons (Fsp3) is 0.269. The highest BCUT2D eigenvalue weighted by Crippen LogP contribution is 2.24. The number of aromatic nitrogens is 3. The Morgan fingerprint density at radius 3 is 2.70 bits per heavy atom. The van der Waals surface area contributed by atoms with Crippen LogP contribution < -0.4 is 10.6 Å². The molecule has 0 aliphatic carbocycles. The number of hydrogen-bond acceptors (Lipinski definition) is 9. The first-order valence-electron chi connectivity index (χ1n) is 11.7. The van der Waals surface area contributed by atoms with E-state index in [1.54, 1.807) is 26.0 Å². The van der Waals surface area contributed by atoms with Crippen molar-refractivity contribution in [3.63, 3.8) is 0 Å². The monoisotopic (exact) mass is 523 g/mol. The van der Waals surface area contributed by atoms with E-state index in [1.165, 1.54) is 12.3 Å². The molecule has 0 saturated heterocycles. The van der Waals surface area contributed by atoms with Crippen LogP contribution in [0.1, 0.15) is 28.4 Å². The van der Waals surface area contributed by atoms with Gasteiger partial charge in [0, 0.05) is 35.2 Å². The van der Waals surface area contributed by atoms with Crippen molar-refractivity contribution in [1.82, 2.24) is 15.0 Å². The minimum Gasteiger partial charge on any atom is -0.462 e. The lowest BCUT2D eigenvalue weighted by atomic mass is 10.1. The lowest BCUT2D eigenvalue weighted by molar-refractivity contribution is 0.0526. The number of aromatic amines is 1. The van der Waals surface area contributed by atoms with Crippen LogP contribution in [0.15, 0.2) is 59.8 Å². The smallest absolute Gasteiger partial charge is 0.343 e. The van der Waals surface area contributed by atoms with Gasteiger partial charge in [0.2, 0.25) is 5.95 Å². The largest absolute Gasteiger partial charge is 0.462 e. The second-order valence-electron chi connectivity index (χ2n) is 8.64. The normalized spacial score (nSPS) is 12.3. The van der Waals surface area contributed by atoms with Crippen LogP contribution in [-0.2, 0) is 21.0 Å². The Hall–Kier alpha value is -3.96. The number of hydrogen-bond donors (Lipinski definition) is 4. The molecule has 0 radical (unpaired) electrons. The molecule has 4 aromatic rings. The maximum Gasteiger partial charge on any atom is 0.343 e. The van der Waals surface area contributed by atoms with Gasteiger partial charge in [-0.25, -0.2) is 18.2 Å². The zero-order valence-electron chi connectivity index (χ0n) is 20.8. The Kier molecular flexibility index (Phi) is 7.74. The Balaban J connectivity index is 1.62. The number of nitrogens with one attached hydrogen (secondary N) is 3. The number of ether oxygens (including phenoxy) is 1. The van der Waals surface area contributed by atoms with E-state index in [9.17, 15) is 18.3 Å². The van der Waals surface area contributed by atoms with E-state index >= 15 is 0 Å². The molecule has 11 heteroatoms. The molecule has 2 aromatic heterocycles. The maximum absolute atomic E-state index is 12.6. The van der Waals surface area contributed by atoms with Gasteiger partial charge in [0.25, 0.3) is 0 Å². The highest BCUT2D eigenvalue weighted by molar-refractivity contribution is 7.90. The summed E-state index contributed by atoms with van der Waals surface area (Å²) >= 11 is 0. The summed E-state index contributed by atoms with van der Waals surface area (Å²) in [5, 5.41) is 17.4. The number of anilines is 3. The van der Waals surface area contributed by atoms with Crippen molar-refractivity contribution < 1.29 is 23.1 Å². The van der Waals surface area contributed by atoms with Crippen molar-refractivity contribution >= 4 is 44.2 Å². The minimum absolute atomic E-state index is 0.133. The van der Waals surface area contributed by atoms with Crippen molar-refractivity contribution in [1.29, 1.82) is 0 Å². The lowest BCUT2D eigenvalue weighted by Gasteiger charge is -2.19. The second-order valence-corrected chi connectivity index (χ2v) is 10.6. The minimum atomic E-state index is -3.35. The Morgan fingerprint density at radius 2 is 2.00 bits per heavy atom. The Bertz CT molecular complexity index is 1530. The quantitative estimate of drug-likeness (QED) is 0.229. The number of carbonyl (C=O) groups excluding carboxylic acids is 1. The number of para-hydroxylation sites is 1. The van der Waals surface area contributed by atoms with Crippen LogP contribution >= 0.6 is 0 Å². The maximum atomic E-state index is 12.6. The molecule has 194 valence electrons. The molecular weight excluding hydrogens is 494 g/mol. The third-order valence-corrected chi connectivity index (χ3v) is 7.07. The number of fused-ring (bicyclic) bond motifs is 1. The van der Waals surface area contributed by atoms with E-state index in [-0.39, 0.29) is 35.4 Å². The summed E-state index contributed by atoms with van der Waals surface area (Å²) in [6.45, 7) is 3.39. The van der Waals surface area contributed by atoms with E-state index in [0.29, 0.717) is 17.7 Å². The van der Waals surface area contributed by atoms with Crippen molar-refractivity contribution in [2.75, 3.05) is 30.1 Å². The number of aryl methyl sites for hydroxylation is 1. The molecule has 4 N–H and O–H groups in total. The van der Waals surface area contributed by atoms with Gasteiger partial charge >= 0.3 is 5.97 Å². The van der Waals surface area contributed by atoms with Crippen LogP contribution in [0.4, 0.5) is 17.5 Å². The zero-order valence-corrected chi connectivity index (χ0v) is 21.6. The summed E-state index contributed by atoms with van der Waals surface area (Å²) in [5.74, 6) is -0.196. The van der Waals surface area contributed by atoms with Crippen molar-refractivity contribution in [3.8, 4) is 0 Å². The fourth-order valence-electron chi connectivity index (χ4n) is 4.10. The first-order valence-corrected chi connectivity index (χ1v) is 13.6. The van der Waals surface area contributed by atoms with Crippen LogP contribution in [0, 0.1) is 6.92 Å². The van der Waals surface area contributed by atoms with E-state index in [4.69, 9.17) is 4.74 Å². The first kappa shape index (κ1) is 26.1. The van der Waals surface area contributed by atoms with Crippen LogP contribution in [0.25, 0.3) is 10.9 Å². The molecule has 2 heterocycles. The number of rotatable bonds is 10. The van der Waals surface area contributed by atoms with Gasteiger partial charge in [0.15, 0.2) is 9.84 Å². The average molecular weight is 524 g/mol. The zero-order chi connectivity index (χ0) is 26.6. The summed E-state index contributed by atoms with van der Waals surface area (Å²) in [6.07, 6.45) is 4.89. The number of sulfone groups is 1. The lowest BCUT2D eigenvalue weighted by Crippen LogP contribution is -2.28. The van der Waals surface area contributed by atoms with Crippen molar-refractivity contribution in [3.05, 3.63) is 71.5 Å². The van der Waals surface area contributed by atoms with Gasteiger partial charge in [0.1, 0.15) is 11.4 Å². The first-order chi connectivity index (χ1) is 17.7. The molecule has 0 amide bonds. The molecule has 4 rings (SSSR count). The molecule has 0 aliphatic heterocycles. The average Bonchev–Trinajstić information content (AvgIpc) is 3.26. The van der Waals surface area contributed by atoms with Gasteiger partial charge in [-0.05, 0) is 55.7 Å². The van der Waals surface area contributed by atoms with E-state index in [2.05, 4.69) is 25.6 Å². The Labute approximate surface area is 215 Å². The predicted molar refractivity (Wildman–Crippen MR) is 142 cm³/mol. The molecule has 2 aromatic carbocycles. The third-order valence-electron chi connectivity index (χ3n) is 5.82. The van der Waals surface area contributed by atoms with Gasteiger partial charge in [-0.1, -0.05) is 18.2 Å². The van der Waals surface area contributed by atoms with E-state index < -0.39 is 21.8 Å². The summed E-state index contributed by atoms with van der Waals surface area (Å²) in [6, 6.07) is 12.2. The fourth-order valence-corrected chi connectivity index (χ4v) is 5.06. The van der Waals surface area contributed by atoms with E-state index in [1.807, 2.05) is 30.5 Å². The third kappa shape index (κ3) is 6.07. The van der Waals surface area contributed by atoms with Gasteiger partial charge in [-0.3, -0.25) is 0 Å². The number of H-pyrrole nitrogens is 1. The van der Waals surface area contributed by atoms with Gasteiger partial charge in [-0.15, -0.1) is 0 Å². The molecular formula is C26H29N5O5S. The summed E-state index contributed by atoms with van der Waals surface area (Å²) in [4.78, 5) is 24.8. The van der Waals surface area contributed by atoms with Gasteiger partial charge in [0.05, 0.1) is 24.2 Å². The molecule has 37 heavy (non-hydrogen) atoms. The summed E-state index contributed by atoms with van der Waals surface area (Å²) in [7, 11) is -3.35. The van der Waals surface area contributed by atoms with Crippen LogP contribution in [0.3, 0.4) is 0 Å². The van der Waals surface area contributed by atoms with Crippen molar-refractivity contribution in [2.24, 2.45) is 0 Å². The molecule has 10 nitrogen and oxygen atoms in total. The number of benzene rings is 2. The standard InChI is InChI=1S/C26H29N5O5S/c1-4-36-25(33)21-14-28-26(30-18-9-10-23(16(2)11-18)37(3,34)35)31-24(21)29-19(15-32)12-17-13-27-22-8-6-5-7-20(17)22/h5-11,13-14,19,27,32H,4,12,15H2,1-3H3,(H2,28,29,30,31)/t19-/m0/s1. The molecule has 1 atom stereocenters. The number of esters is 1. The number of nitrogens with zero attached hydrogens (tertiary/aromatic N) is 2. The van der Waals surface area contributed by atoms with Crippen molar-refractivity contribution in [2.45, 2.75) is 31.2 Å². The molecule has 0 unspecified atom stereocenters. The topological polar surface area (TPSA) is 146 Å². The molecule has 0 fully saturated rings.